The van der Waals surface area contributed by atoms with E-state index in [2.05, 4.69) is 33.7 Å². The van der Waals surface area contributed by atoms with Gasteiger partial charge in [-0.05, 0) is 48.6 Å². The van der Waals surface area contributed by atoms with E-state index < -0.39 is 0 Å². The van der Waals surface area contributed by atoms with Gasteiger partial charge in [-0.3, -0.25) is 4.98 Å². The van der Waals surface area contributed by atoms with Crippen LogP contribution in [-0.2, 0) is 13.0 Å². The lowest BCUT2D eigenvalue weighted by atomic mass is 9.89. The van der Waals surface area contributed by atoms with Crippen molar-refractivity contribution in [1.82, 2.24) is 14.4 Å². The molecule has 3 heterocycles. The highest BCUT2D eigenvalue weighted by molar-refractivity contribution is 5.88. The molecule has 0 spiro atoms. The Morgan fingerprint density at radius 2 is 2.06 bits per heavy atom. The highest BCUT2D eigenvalue weighted by Gasteiger charge is 2.30. The summed E-state index contributed by atoms with van der Waals surface area (Å²) in [5.74, 6) is 0.632. The molecule has 4 aromatic rings. The van der Waals surface area contributed by atoms with Crippen LogP contribution in [0.1, 0.15) is 59.3 Å². The summed E-state index contributed by atoms with van der Waals surface area (Å²) in [6.45, 7) is 2.11. The third kappa shape index (κ3) is 3.37. The first-order chi connectivity index (χ1) is 16.1. The Labute approximate surface area is 190 Å². The monoisotopic (exact) mass is 436 g/mol. The first-order valence-electron chi connectivity index (χ1n) is 11.1. The molecular weight excluding hydrogens is 415 g/mol. The predicted octanol–water partition coefficient (Wildman–Crippen LogP) is 5.57. The van der Waals surface area contributed by atoms with Crippen LogP contribution in [0.3, 0.4) is 0 Å². The summed E-state index contributed by atoms with van der Waals surface area (Å²) in [5, 5.41) is 9.66. The van der Waals surface area contributed by atoms with Crippen molar-refractivity contribution in [1.29, 1.82) is 5.26 Å². The minimum absolute atomic E-state index is 0.314. The number of nitrogens with zero attached hydrogens (tertiary/aromatic N) is 4. The summed E-state index contributed by atoms with van der Waals surface area (Å²) in [4.78, 5) is 9.07. The van der Waals surface area contributed by atoms with Crippen LogP contribution in [0.25, 0.3) is 11.2 Å². The van der Waals surface area contributed by atoms with Crippen molar-refractivity contribution in [2.45, 2.75) is 38.7 Å². The summed E-state index contributed by atoms with van der Waals surface area (Å²) >= 11 is 0. The molecule has 33 heavy (non-hydrogen) atoms. The normalized spacial score (nSPS) is 16.4. The Balaban J connectivity index is 1.45. The van der Waals surface area contributed by atoms with Gasteiger partial charge in [0.15, 0.2) is 5.65 Å². The molecule has 1 aliphatic heterocycles. The number of halogens is 1. The highest BCUT2D eigenvalue weighted by atomic mass is 19.1. The zero-order valence-corrected chi connectivity index (χ0v) is 18.2. The molecular formula is C27H21FN4O. The van der Waals surface area contributed by atoms with Gasteiger partial charge in [-0.15, -0.1) is 0 Å². The van der Waals surface area contributed by atoms with Gasteiger partial charge in [-0.2, -0.15) is 5.26 Å². The molecule has 0 bridgehead atoms. The van der Waals surface area contributed by atoms with E-state index in [9.17, 15) is 9.65 Å². The van der Waals surface area contributed by atoms with Crippen molar-refractivity contribution in [2.24, 2.45) is 0 Å². The zero-order chi connectivity index (χ0) is 22.5. The van der Waals surface area contributed by atoms with Crippen LogP contribution in [0.4, 0.5) is 4.39 Å². The Morgan fingerprint density at radius 3 is 2.88 bits per heavy atom. The molecule has 6 heteroatoms. The summed E-state index contributed by atoms with van der Waals surface area (Å²) in [5.41, 5.74) is 8.43. The van der Waals surface area contributed by atoms with Crippen LogP contribution >= 0.6 is 0 Å². The number of hydrogen-bond donors (Lipinski definition) is 0. The average Bonchev–Trinajstić information content (AvgIpc) is 3.63. The topological polar surface area (TPSA) is 63.2 Å². The summed E-state index contributed by atoms with van der Waals surface area (Å²) < 4.78 is 22.0. The summed E-state index contributed by atoms with van der Waals surface area (Å²) in [6, 6.07) is 13.1. The molecule has 0 atom stereocenters. The van der Waals surface area contributed by atoms with Crippen LogP contribution < -0.4 is 4.74 Å². The molecule has 0 radical (unpaired) electrons. The number of imidazole rings is 1. The van der Waals surface area contributed by atoms with Crippen molar-refractivity contribution in [3.63, 3.8) is 0 Å². The molecule has 0 N–H and O–H groups in total. The third-order valence-corrected chi connectivity index (χ3v) is 6.47. The van der Waals surface area contributed by atoms with E-state index in [1.807, 2.05) is 6.20 Å². The van der Waals surface area contributed by atoms with Gasteiger partial charge < -0.3 is 9.14 Å². The van der Waals surface area contributed by atoms with Crippen molar-refractivity contribution < 1.29 is 9.13 Å². The maximum atomic E-state index is 13.9. The standard InChI is InChI=1S/C27H21FN4O/c1-16(13-29)26-21-6-2-17(10-19(21)15-33-24-12-20(28)5-7-22(24)26)11-23-27(18-3-4-18)31-25-14-30-8-9-32(23)25/h2,5-10,12,14,18H,3-4,11,15H2,1H3. The van der Waals surface area contributed by atoms with E-state index in [1.165, 1.54) is 30.7 Å². The number of ether oxygens (including phenoxy) is 1. The number of allylic oxidation sites excluding steroid dienone is 1. The number of fused-ring (bicyclic) bond motifs is 3. The second kappa shape index (κ2) is 7.56. The fourth-order valence-electron chi connectivity index (χ4n) is 4.73. The van der Waals surface area contributed by atoms with E-state index >= 15 is 0 Å². The Kier molecular flexibility index (Phi) is 4.51. The van der Waals surface area contributed by atoms with E-state index in [4.69, 9.17) is 9.72 Å². The predicted molar refractivity (Wildman–Crippen MR) is 122 cm³/mol. The van der Waals surface area contributed by atoms with Gasteiger partial charge in [0.2, 0.25) is 0 Å². The van der Waals surface area contributed by atoms with Crippen molar-refractivity contribution in [3.8, 4) is 11.8 Å². The van der Waals surface area contributed by atoms with Gasteiger partial charge in [-0.25, -0.2) is 9.37 Å². The fraction of sp³-hybridized carbons (Fsp3) is 0.222. The second-order valence-corrected chi connectivity index (χ2v) is 8.73. The Hall–Kier alpha value is -3.98. The van der Waals surface area contributed by atoms with Crippen LogP contribution in [-0.4, -0.2) is 14.4 Å². The summed E-state index contributed by atoms with van der Waals surface area (Å²) in [7, 11) is 0. The van der Waals surface area contributed by atoms with E-state index in [1.54, 1.807) is 25.4 Å². The lowest BCUT2D eigenvalue weighted by molar-refractivity contribution is 0.305. The quantitative estimate of drug-likeness (QED) is 0.394. The van der Waals surface area contributed by atoms with Crippen LogP contribution in [0.2, 0.25) is 0 Å². The van der Waals surface area contributed by atoms with Crippen molar-refractivity contribution in [3.05, 3.63) is 100 Å². The first kappa shape index (κ1) is 19.7. The SMILES string of the molecule is CC(C#N)=C1c2ccc(Cc3c(C4CC4)nc4cnccn34)cc2COc2cc(F)ccc21. The number of hydrogen-bond acceptors (Lipinski definition) is 4. The molecule has 5 nitrogen and oxygen atoms in total. The lowest BCUT2D eigenvalue weighted by Crippen LogP contribution is -2.02. The number of rotatable bonds is 3. The third-order valence-electron chi connectivity index (χ3n) is 6.47. The van der Waals surface area contributed by atoms with Gasteiger partial charge in [0.25, 0.3) is 0 Å². The molecule has 2 aromatic heterocycles. The molecule has 1 aliphatic carbocycles. The molecule has 0 saturated heterocycles. The number of aromatic nitrogens is 3. The van der Waals surface area contributed by atoms with E-state index in [-0.39, 0.29) is 5.82 Å². The lowest BCUT2D eigenvalue weighted by Gasteiger charge is -2.13. The van der Waals surface area contributed by atoms with Crippen LogP contribution in [0.15, 0.2) is 60.6 Å². The molecule has 6 rings (SSSR count). The van der Waals surface area contributed by atoms with Crippen molar-refractivity contribution in [2.75, 3.05) is 0 Å². The molecule has 2 aromatic carbocycles. The average molecular weight is 436 g/mol. The van der Waals surface area contributed by atoms with Gasteiger partial charge in [-0.1, -0.05) is 18.2 Å². The minimum atomic E-state index is -0.357. The van der Waals surface area contributed by atoms with E-state index in [0.717, 1.165) is 45.6 Å². The molecule has 0 unspecified atom stereocenters. The second-order valence-electron chi connectivity index (χ2n) is 8.73. The first-order valence-corrected chi connectivity index (χ1v) is 11.1. The van der Waals surface area contributed by atoms with Gasteiger partial charge in [0, 0.05) is 47.5 Å². The smallest absolute Gasteiger partial charge is 0.155 e. The molecule has 0 amide bonds. The Morgan fingerprint density at radius 1 is 1.21 bits per heavy atom. The number of benzene rings is 2. The van der Waals surface area contributed by atoms with Crippen LogP contribution in [0, 0.1) is 17.1 Å². The van der Waals surface area contributed by atoms with Crippen LogP contribution in [0.5, 0.6) is 5.75 Å². The van der Waals surface area contributed by atoms with Gasteiger partial charge >= 0.3 is 0 Å². The molecule has 1 saturated carbocycles. The zero-order valence-electron chi connectivity index (χ0n) is 18.2. The fourth-order valence-corrected chi connectivity index (χ4v) is 4.73. The molecule has 162 valence electrons. The molecule has 1 fully saturated rings. The van der Waals surface area contributed by atoms with E-state index in [0.29, 0.717) is 23.8 Å². The maximum Gasteiger partial charge on any atom is 0.155 e. The number of nitriles is 1. The van der Waals surface area contributed by atoms with Gasteiger partial charge in [0.1, 0.15) is 18.2 Å². The Bertz CT molecular complexity index is 1490. The highest BCUT2D eigenvalue weighted by Crippen LogP contribution is 2.42. The van der Waals surface area contributed by atoms with Gasteiger partial charge in [0.05, 0.1) is 23.7 Å². The minimum Gasteiger partial charge on any atom is -0.488 e. The largest absolute Gasteiger partial charge is 0.488 e. The summed E-state index contributed by atoms with van der Waals surface area (Å²) in [6.07, 6.45) is 8.66. The van der Waals surface area contributed by atoms with Crippen molar-refractivity contribution >= 4 is 11.2 Å². The maximum absolute atomic E-state index is 13.9. The molecule has 2 aliphatic rings.